The minimum Gasteiger partial charge on any atom is -0.444 e. The largest absolute Gasteiger partial charge is 0.444 e. The smallest absolute Gasteiger partial charge is 0.408 e. The van der Waals surface area contributed by atoms with Crippen molar-refractivity contribution in [3.05, 3.63) is 89.2 Å². The maximum absolute atomic E-state index is 12.8. The summed E-state index contributed by atoms with van der Waals surface area (Å²) in [6, 6.07) is 24.5. The van der Waals surface area contributed by atoms with E-state index < -0.39 is 26.1 Å². The van der Waals surface area contributed by atoms with Crippen molar-refractivity contribution < 1.29 is 18.7 Å². The molecule has 3 aromatic rings. The number of fused-ring (bicyclic) bond motifs is 1. The number of carbonyl (C=O) groups excluding carboxylic acids is 1. The van der Waals surface area contributed by atoms with Gasteiger partial charge in [-0.05, 0) is 55.1 Å². The van der Waals surface area contributed by atoms with Gasteiger partial charge in [-0.15, -0.1) is 0 Å². The molecule has 1 amide bonds. The molecule has 0 bridgehead atoms. The Hall–Kier alpha value is -2.71. The Morgan fingerprint density at radius 1 is 0.975 bits per heavy atom. The number of benzene rings is 2. The highest BCUT2D eigenvalue weighted by atomic mass is 35.5. The molecule has 214 valence electrons. The number of alkyl carbamates (subject to hydrolysis) is 1. The molecule has 0 spiro atoms. The molecule has 0 fully saturated rings. The highest BCUT2D eigenvalue weighted by molar-refractivity contribution is 6.99. The van der Waals surface area contributed by atoms with Crippen LogP contribution in [0, 0.1) is 0 Å². The number of ether oxygens (including phenoxy) is 2. The van der Waals surface area contributed by atoms with Crippen LogP contribution in [0.3, 0.4) is 0 Å². The first-order chi connectivity index (χ1) is 18.9. The first kappa shape index (κ1) is 30.3. The molecule has 6 nitrogen and oxygen atoms in total. The predicted octanol–water partition coefficient (Wildman–Crippen LogP) is 6.56. The molecule has 1 N–H and O–H groups in total. The van der Waals surface area contributed by atoms with Gasteiger partial charge in [0.25, 0.3) is 8.32 Å². The molecule has 2 atom stereocenters. The van der Waals surface area contributed by atoms with Crippen LogP contribution in [-0.4, -0.2) is 37.7 Å². The standard InChI is InChI=1S/C32H41ClN2O4Si/c1-31(2,3)39-30(36)35-29-25-19-20-28(33)34-26(25)22-37-27(29)18-13-21-38-40(32(4,5)6,23-14-9-7-10-15-23)24-16-11-8-12-17-24/h7-12,14-17,19-20,27,29H,13,18,21-22H2,1-6H3,(H,35,36)/t27-,29-/m0/s1. The molecular weight excluding hydrogens is 540 g/mol. The first-order valence-electron chi connectivity index (χ1n) is 13.9. The Balaban J connectivity index is 1.54. The van der Waals surface area contributed by atoms with E-state index in [1.807, 2.05) is 26.8 Å². The van der Waals surface area contributed by atoms with E-state index in [0.717, 1.165) is 17.7 Å². The van der Waals surface area contributed by atoms with Crippen molar-refractivity contribution in [1.29, 1.82) is 0 Å². The summed E-state index contributed by atoms with van der Waals surface area (Å²) in [5.74, 6) is 0. The summed E-state index contributed by atoms with van der Waals surface area (Å²) in [6.45, 7) is 13.3. The van der Waals surface area contributed by atoms with Crippen LogP contribution in [0.1, 0.15) is 71.7 Å². The Labute approximate surface area is 244 Å². The van der Waals surface area contributed by atoms with Crippen molar-refractivity contribution in [3.63, 3.8) is 0 Å². The zero-order valence-corrected chi connectivity index (χ0v) is 26.1. The fourth-order valence-corrected chi connectivity index (χ4v) is 10.3. The van der Waals surface area contributed by atoms with Crippen LogP contribution >= 0.6 is 11.6 Å². The molecule has 1 aliphatic rings. The van der Waals surface area contributed by atoms with E-state index in [4.69, 9.17) is 25.5 Å². The number of hydrogen-bond donors (Lipinski definition) is 1. The quantitative estimate of drug-likeness (QED) is 0.186. The maximum Gasteiger partial charge on any atom is 0.408 e. The average Bonchev–Trinajstić information content (AvgIpc) is 2.89. The van der Waals surface area contributed by atoms with Crippen molar-refractivity contribution in [2.24, 2.45) is 0 Å². The molecule has 0 aliphatic carbocycles. The molecule has 1 aliphatic heterocycles. The number of rotatable bonds is 8. The summed E-state index contributed by atoms with van der Waals surface area (Å²) in [7, 11) is -2.63. The monoisotopic (exact) mass is 580 g/mol. The van der Waals surface area contributed by atoms with Crippen molar-refractivity contribution in [2.75, 3.05) is 6.61 Å². The van der Waals surface area contributed by atoms with Gasteiger partial charge in [0, 0.05) is 12.2 Å². The lowest BCUT2D eigenvalue weighted by Gasteiger charge is -2.43. The molecule has 8 heteroatoms. The lowest BCUT2D eigenvalue weighted by atomic mass is 9.94. The summed E-state index contributed by atoms with van der Waals surface area (Å²) < 4.78 is 18.9. The average molecular weight is 581 g/mol. The molecule has 0 unspecified atom stereocenters. The lowest BCUT2D eigenvalue weighted by Crippen LogP contribution is -2.66. The Kier molecular flexibility index (Phi) is 9.40. The fourth-order valence-electron chi connectivity index (χ4n) is 5.49. The van der Waals surface area contributed by atoms with Crippen LogP contribution in [0.2, 0.25) is 10.2 Å². The van der Waals surface area contributed by atoms with Gasteiger partial charge in [0.2, 0.25) is 0 Å². The van der Waals surface area contributed by atoms with E-state index in [2.05, 4.69) is 91.7 Å². The van der Waals surface area contributed by atoms with Crippen LogP contribution in [0.25, 0.3) is 0 Å². The molecule has 2 aromatic carbocycles. The van der Waals surface area contributed by atoms with E-state index in [1.54, 1.807) is 6.07 Å². The number of nitrogens with one attached hydrogen (secondary N) is 1. The van der Waals surface area contributed by atoms with Crippen molar-refractivity contribution in [3.8, 4) is 0 Å². The molecule has 0 saturated carbocycles. The third-order valence-corrected chi connectivity index (χ3v) is 12.4. The summed E-state index contributed by atoms with van der Waals surface area (Å²) >= 11 is 6.15. The van der Waals surface area contributed by atoms with E-state index >= 15 is 0 Å². The van der Waals surface area contributed by atoms with Crippen LogP contribution in [-0.2, 0) is 20.5 Å². The highest BCUT2D eigenvalue weighted by Gasteiger charge is 2.50. The van der Waals surface area contributed by atoms with E-state index in [9.17, 15) is 4.79 Å². The molecule has 0 saturated heterocycles. The summed E-state index contributed by atoms with van der Waals surface area (Å²) in [5, 5.41) is 5.84. The molecule has 40 heavy (non-hydrogen) atoms. The number of pyridine rings is 1. The second-order valence-corrected chi connectivity index (χ2v) is 17.0. The van der Waals surface area contributed by atoms with Gasteiger partial charge in [0.15, 0.2) is 0 Å². The number of nitrogens with zero attached hydrogens (tertiary/aromatic N) is 1. The second kappa shape index (κ2) is 12.4. The van der Waals surface area contributed by atoms with Crippen molar-refractivity contribution in [1.82, 2.24) is 10.3 Å². The number of halogens is 1. The highest BCUT2D eigenvalue weighted by Crippen LogP contribution is 2.37. The molecular formula is C32H41ClN2O4Si. The Morgan fingerprint density at radius 2 is 1.57 bits per heavy atom. The minimum absolute atomic E-state index is 0.0955. The third-order valence-electron chi connectivity index (χ3n) is 7.16. The van der Waals surface area contributed by atoms with Gasteiger partial charge in [-0.1, -0.05) is 99.1 Å². The van der Waals surface area contributed by atoms with Crippen LogP contribution in [0.5, 0.6) is 0 Å². The molecule has 4 rings (SSSR count). The second-order valence-electron chi connectivity index (χ2n) is 12.3. The van der Waals surface area contributed by atoms with Gasteiger partial charge in [0.05, 0.1) is 24.4 Å². The number of carbonyl (C=O) groups is 1. The summed E-state index contributed by atoms with van der Waals surface area (Å²) in [5.41, 5.74) is 1.02. The van der Waals surface area contributed by atoms with E-state index in [0.29, 0.717) is 24.8 Å². The van der Waals surface area contributed by atoms with Crippen molar-refractivity contribution in [2.45, 2.75) is 83.8 Å². The minimum atomic E-state index is -2.63. The molecule has 2 heterocycles. The Bertz CT molecular complexity index is 1240. The van der Waals surface area contributed by atoms with Gasteiger partial charge in [0.1, 0.15) is 10.8 Å². The van der Waals surface area contributed by atoms with Gasteiger partial charge in [-0.25, -0.2) is 9.78 Å². The predicted molar refractivity (Wildman–Crippen MR) is 163 cm³/mol. The van der Waals surface area contributed by atoms with Gasteiger partial charge in [-0.2, -0.15) is 0 Å². The zero-order chi connectivity index (χ0) is 29.0. The fraction of sp³-hybridized carbons (Fsp3) is 0.438. The van der Waals surface area contributed by atoms with Gasteiger partial charge in [-0.3, -0.25) is 0 Å². The van der Waals surface area contributed by atoms with Gasteiger partial charge >= 0.3 is 6.09 Å². The third kappa shape index (κ3) is 6.94. The normalized spacial score (nSPS) is 17.7. The van der Waals surface area contributed by atoms with E-state index in [1.165, 1.54) is 10.4 Å². The zero-order valence-electron chi connectivity index (χ0n) is 24.4. The van der Waals surface area contributed by atoms with Crippen LogP contribution < -0.4 is 15.7 Å². The maximum atomic E-state index is 12.8. The lowest BCUT2D eigenvalue weighted by molar-refractivity contribution is -0.0159. The molecule has 0 radical (unpaired) electrons. The summed E-state index contributed by atoms with van der Waals surface area (Å²) in [4.78, 5) is 17.2. The van der Waals surface area contributed by atoms with Gasteiger partial charge < -0.3 is 19.2 Å². The van der Waals surface area contributed by atoms with Crippen LogP contribution in [0.4, 0.5) is 4.79 Å². The number of hydrogen-bond acceptors (Lipinski definition) is 5. The topological polar surface area (TPSA) is 69.7 Å². The SMILES string of the molecule is CC(C)(C)OC(=O)N[C@H]1c2ccc(Cl)nc2CO[C@H]1CCCO[Si](c1ccccc1)(c1ccccc1)C(C)(C)C. The Morgan fingerprint density at radius 3 is 2.12 bits per heavy atom. The van der Waals surface area contributed by atoms with Crippen LogP contribution in [0.15, 0.2) is 72.8 Å². The first-order valence-corrected chi connectivity index (χ1v) is 16.2. The van der Waals surface area contributed by atoms with Crippen molar-refractivity contribution >= 4 is 36.4 Å². The number of aromatic nitrogens is 1. The number of amides is 1. The molecule has 1 aromatic heterocycles. The summed E-state index contributed by atoms with van der Waals surface area (Å²) in [6.07, 6.45) is 0.710. The van der Waals surface area contributed by atoms with E-state index in [-0.39, 0.29) is 11.1 Å².